The van der Waals surface area contributed by atoms with Crippen LogP contribution < -0.4 is 23.8 Å². The summed E-state index contributed by atoms with van der Waals surface area (Å²) in [7, 11) is 0.558. The zero-order chi connectivity index (χ0) is 25.2. The number of carbonyl (C=O) groups excluding carboxylic acids is 1. The van der Waals surface area contributed by atoms with Crippen LogP contribution in [0.1, 0.15) is 22.3 Å². The summed E-state index contributed by atoms with van der Waals surface area (Å²) in [4.78, 5) is 13.0. The van der Waals surface area contributed by atoms with Crippen molar-refractivity contribution in [2.45, 2.75) is 17.7 Å². The second kappa shape index (κ2) is 9.83. The molecule has 0 unspecified atom stereocenters. The maximum atomic E-state index is 13.3. The van der Waals surface area contributed by atoms with Crippen LogP contribution >= 0.6 is 0 Å². The van der Waals surface area contributed by atoms with Crippen molar-refractivity contribution in [3.05, 3.63) is 71.5 Å². The van der Waals surface area contributed by atoms with Crippen molar-refractivity contribution in [1.29, 1.82) is 0 Å². The van der Waals surface area contributed by atoms with Gasteiger partial charge in [-0.1, -0.05) is 0 Å². The molecule has 0 spiro atoms. The van der Waals surface area contributed by atoms with E-state index < -0.39 is 21.7 Å². The molecular formula is C25H25FN2O6S. The molecule has 0 aliphatic carbocycles. The second-order valence-corrected chi connectivity index (χ2v) is 9.71. The summed E-state index contributed by atoms with van der Waals surface area (Å²) in [6.45, 7) is 0.309. The Labute approximate surface area is 203 Å². The number of aryl methyl sites for hydroxylation is 1. The van der Waals surface area contributed by atoms with Gasteiger partial charge < -0.3 is 19.5 Å². The van der Waals surface area contributed by atoms with Crippen molar-refractivity contribution in [3.63, 3.8) is 0 Å². The highest BCUT2D eigenvalue weighted by Gasteiger charge is 2.29. The number of rotatable bonds is 7. The fourth-order valence-electron chi connectivity index (χ4n) is 4.04. The van der Waals surface area contributed by atoms with Gasteiger partial charge in [0.15, 0.2) is 11.5 Å². The maximum absolute atomic E-state index is 13.3. The summed E-state index contributed by atoms with van der Waals surface area (Å²) >= 11 is 0. The first kappa shape index (κ1) is 24.3. The molecule has 3 aromatic rings. The van der Waals surface area contributed by atoms with Crippen molar-refractivity contribution in [1.82, 2.24) is 0 Å². The molecule has 1 N–H and O–H groups in total. The molecule has 0 aromatic heterocycles. The number of hydrogen-bond donors (Lipinski definition) is 1. The third kappa shape index (κ3) is 4.74. The van der Waals surface area contributed by atoms with Crippen molar-refractivity contribution >= 4 is 27.3 Å². The van der Waals surface area contributed by atoms with E-state index in [1.165, 1.54) is 37.8 Å². The van der Waals surface area contributed by atoms with E-state index in [9.17, 15) is 17.6 Å². The van der Waals surface area contributed by atoms with Gasteiger partial charge in [0.25, 0.3) is 15.9 Å². The number of benzene rings is 3. The van der Waals surface area contributed by atoms with Gasteiger partial charge in [0.2, 0.25) is 5.75 Å². The van der Waals surface area contributed by atoms with Gasteiger partial charge in [-0.15, -0.1) is 0 Å². The highest BCUT2D eigenvalue weighted by atomic mass is 32.2. The van der Waals surface area contributed by atoms with Gasteiger partial charge in [-0.05, 0) is 73.0 Å². The zero-order valence-corrected chi connectivity index (χ0v) is 20.3. The van der Waals surface area contributed by atoms with Crippen LogP contribution in [0.15, 0.2) is 59.5 Å². The quantitative estimate of drug-likeness (QED) is 0.522. The van der Waals surface area contributed by atoms with E-state index in [0.29, 0.717) is 53.6 Å². The number of sulfonamides is 1. The Hall–Kier alpha value is -3.79. The van der Waals surface area contributed by atoms with Crippen LogP contribution in [-0.2, 0) is 16.4 Å². The summed E-state index contributed by atoms with van der Waals surface area (Å²) in [6.07, 6.45) is 1.26. The minimum atomic E-state index is -3.85. The van der Waals surface area contributed by atoms with Crippen molar-refractivity contribution < 1.29 is 31.8 Å². The summed E-state index contributed by atoms with van der Waals surface area (Å²) in [5.74, 6) is 0.183. The molecule has 4 rings (SSSR count). The van der Waals surface area contributed by atoms with Crippen molar-refractivity contribution in [3.8, 4) is 17.2 Å². The number of carbonyl (C=O) groups is 1. The van der Waals surface area contributed by atoms with E-state index in [0.717, 1.165) is 17.7 Å². The van der Waals surface area contributed by atoms with E-state index >= 15 is 0 Å². The molecule has 0 saturated heterocycles. The molecule has 35 heavy (non-hydrogen) atoms. The Morgan fingerprint density at radius 1 is 0.943 bits per heavy atom. The minimum absolute atomic E-state index is 0.0199. The second-order valence-electron chi connectivity index (χ2n) is 7.85. The fourth-order valence-corrected chi connectivity index (χ4v) is 5.58. The third-order valence-electron chi connectivity index (χ3n) is 5.74. The van der Waals surface area contributed by atoms with E-state index in [4.69, 9.17) is 14.2 Å². The van der Waals surface area contributed by atoms with Gasteiger partial charge in [0, 0.05) is 17.8 Å². The number of halogens is 1. The topological polar surface area (TPSA) is 94.2 Å². The first-order valence-corrected chi connectivity index (χ1v) is 12.2. The van der Waals surface area contributed by atoms with Gasteiger partial charge in [-0.2, -0.15) is 0 Å². The Morgan fingerprint density at radius 2 is 1.60 bits per heavy atom. The molecule has 0 saturated carbocycles. The maximum Gasteiger partial charge on any atom is 0.264 e. The normalized spacial score (nSPS) is 13.1. The molecule has 3 aromatic carbocycles. The third-order valence-corrected chi connectivity index (χ3v) is 7.57. The summed E-state index contributed by atoms with van der Waals surface area (Å²) < 4.78 is 56.9. The van der Waals surface area contributed by atoms with Gasteiger partial charge in [-0.3, -0.25) is 9.10 Å². The summed E-state index contributed by atoms with van der Waals surface area (Å²) in [6, 6.07) is 12.9. The fraction of sp³-hybridized carbons (Fsp3) is 0.240. The standard InChI is InChI=1S/C25H25FN2O6S/c1-32-22-14-17(15-23(33-2)24(22)34-3)25(29)27-19-8-11-21-16(13-19)5-4-12-28(21)35(30,31)20-9-6-18(26)7-10-20/h6-11,13-15H,4-5,12H2,1-3H3,(H,27,29). The molecular weight excluding hydrogens is 475 g/mol. The lowest BCUT2D eigenvalue weighted by Crippen LogP contribution is -2.35. The van der Waals surface area contributed by atoms with E-state index in [1.807, 2.05) is 0 Å². The molecule has 0 bridgehead atoms. The molecule has 0 atom stereocenters. The monoisotopic (exact) mass is 500 g/mol. The van der Waals surface area contributed by atoms with Crippen LogP contribution in [-0.4, -0.2) is 42.2 Å². The van der Waals surface area contributed by atoms with Crippen LogP contribution in [0.25, 0.3) is 0 Å². The Morgan fingerprint density at radius 3 is 2.20 bits per heavy atom. The molecule has 1 aliphatic heterocycles. The smallest absolute Gasteiger partial charge is 0.264 e. The SMILES string of the molecule is COc1cc(C(=O)Nc2ccc3c(c2)CCCN3S(=O)(=O)c2ccc(F)cc2)cc(OC)c1OC. The lowest BCUT2D eigenvalue weighted by atomic mass is 10.0. The van der Waals surface area contributed by atoms with Crippen molar-refractivity contribution in [2.24, 2.45) is 0 Å². The predicted molar refractivity (Wildman–Crippen MR) is 130 cm³/mol. The van der Waals surface area contributed by atoms with E-state index in [1.54, 1.807) is 30.3 Å². The Kier molecular flexibility index (Phi) is 6.83. The van der Waals surface area contributed by atoms with Gasteiger partial charge in [-0.25, -0.2) is 12.8 Å². The average molecular weight is 501 g/mol. The number of methoxy groups -OCH3 is 3. The lowest BCUT2D eigenvalue weighted by Gasteiger charge is -2.31. The van der Waals surface area contributed by atoms with Crippen LogP contribution in [0.5, 0.6) is 17.2 Å². The summed E-state index contributed by atoms with van der Waals surface area (Å²) in [5.41, 5.74) is 2.14. The first-order chi connectivity index (χ1) is 16.8. The van der Waals surface area contributed by atoms with Crippen molar-refractivity contribution in [2.75, 3.05) is 37.5 Å². The molecule has 1 amide bonds. The average Bonchev–Trinajstić information content (AvgIpc) is 2.87. The molecule has 0 fully saturated rings. The highest BCUT2D eigenvalue weighted by molar-refractivity contribution is 7.92. The molecule has 184 valence electrons. The number of hydrogen-bond acceptors (Lipinski definition) is 6. The van der Waals surface area contributed by atoms with Gasteiger partial charge >= 0.3 is 0 Å². The number of ether oxygens (including phenoxy) is 3. The largest absolute Gasteiger partial charge is 0.493 e. The number of fused-ring (bicyclic) bond motifs is 1. The predicted octanol–water partition coefficient (Wildman–Crippen LogP) is 4.25. The van der Waals surface area contributed by atoms with Crippen LogP contribution in [0.4, 0.5) is 15.8 Å². The Balaban J connectivity index is 1.61. The van der Waals surface area contributed by atoms with E-state index in [-0.39, 0.29) is 4.90 Å². The highest BCUT2D eigenvalue weighted by Crippen LogP contribution is 2.39. The van der Waals surface area contributed by atoms with Crippen LogP contribution in [0, 0.1) is 5.82 Å². The molecule has 10 heteroatoms. The van der Waals surface area contributed by atoms with E-state index in [2.05, 4.69) is 5.32 Å². The van der Waals surface area contributed by atoms with Crippen LogP contribution in [0.3, 0.4) is 0 Å². The molecule has 8 nitrogen and oxygen atoms in total. The molecule has 0 radical (unpaired) electrons. The molecule has 1 heterocycles. The Bertz CT molecular complexity index is 1330. The zero-order valence-electron chi connectivity index (χ0n) is 19.5. The number of anilines is 2. The number of nitrogens with zero attached hydrogens (tertiary/aromatic N) is 1. The minimum Gasteiger partial charge on any atom is -0.493 e. The van der Waals surface area contributed by atoms with Gasteiger partial charge in [0.1, 0.15) is 5.82 Å². The van der Waals surface area contributed by atoms with Crippen LogP contribution in [0.2, 0.25) is 0 Å². The molecule has 1 aliphatic rings. The number of amides is 1. The van der Waals surface area contributed by atoms with Gasteiger partial charge in [0.05, 0.1) is 31.9 Å². The first-order valence-electron chi connectivity index (χ1n) is 10.8. The summed E-state index contributed by atoms with van der Waals surface area (Å²) in [5, 5.41) is 2.84. The number of nitrogens with one attached hydrogen (secondary N) is 1. The lowest BCUT2D eigenvalue weighted by molar-refractivity contribution is 0.102.